The summed E-state index contributed by atoms with van der Waals surface area (Å²) in [7, 11) is 1.81. The number of rotatable bonds is 3. The van der Waals surface area contributed by atoms with Crippen LogP contribution in [-0.2, 0) is 0 Å². The SMILES string of the molecule is CC.CC/C(C)=C/C(C)=NC.CCCC. The highest BCUT2D eigenvalue weighted by atomic mass is 14.7. The molecule has 0 fully saturated rings. The van der Waals surface area contributed by atoms with Gasteiger partial charge in [0.05, 0.1) is 0 Å². The van der Waals surface area contributed by atoms with Crippen molar-refractivity contribution >= 4 is 5.71 Å². The van der Waals surface area contributed by atoms with Gasteiger partial charge < -0.3 is 0 Å². The zero-order valence-corrected chi connectivity index (χ0v) is 12.1. The molecule has 0 heterocycles. The van der Waals surface area contributed by atoms with Gasteiger partial charge in [0.2, 0.25) is 0 Å². The van der Waals surface area contributed by atoms with Gasteiger partial charge in [0.25, 0.3) is 0 Å². The summed E-state index contributed by atoms with van der Waals surface area (Å²) < 4.78 is 0. The molecule has 0 aliphatic heterocycles. The molecule has 0 atom stereocenters. The van der Waals surface area contributed by atoms with E-state index in [4.69, 9.17) is 0 Å². The fourth-order valence-corrected chi connectivity index (χ4v) is 0.523. The summed E-state index contributed by atoms with van der Waals surface area (Å²) in [5.74, 6) is 0. The second kappa shape index (κ2) is 19.1. The zero-order valence-electron chi connectivity index (χ0n) is 12.1. The normalized spacial score (nSPS) is 10.9. The van der Waals surface area contributed by atoms with E-state index in [-0.39, 0.29) is 0 Å². The summed E-state index contributed by atoms with van der Waals surface area (Å²) in [4.78, 5) is 4.02. The first-order valence-electron chi connectivity index (χ1n) is 6.22. The molecular formula is C14H31N. The Balaban J connectivity index is -0.000000202. The Morgan fingerprint density at radius 3 is 1.60 bits per heavy atom. The summed E-state index contributed by atoms with van der Waals surface area (Å²) in [5, 5.41) is 0. The molecule has 0 N–H and O–H groups in total. The highest BCUT2D eigenvalue weighted by molar-refractivity contribution is 5.93. The van der Waals surface area contributed by atoms with Crippen molar-refractivity contribution in [3.05, 3.63) is 11.6 Å². The summed E-state index contributed by atoms with van der Waals surface area (Å²) >= 11 is 0. The van der Waals surface area contributed by atoms with E-state index in [9.17, 15) is 0 Å². The van der Waals surface area contributed by atoms with Gasteiger partial charge in [-0.25, -0.2) is 0 Å². The summed E-state index contributed by atoms with van der Waals surface area (Å²) in [6, 6.07) is 0. The van der Waals surface area contributed by atoms with Gasteiger partial charge in [-0.15, -0.1) is 0 Å². The fraction of sp³-hybridized carbons (Fsp3) is 0.786. The molecule has 0 saturated carbocycles. The molecule has 0 aliphatic rings. The molecule has 15 heavy (non-hydrogen) atoms. The van der Waals surface area contributed by atoms with Crippen molar-refractivity contribution in [2.45, 2.75) is 67.7 Å². The lowest BCUT2D eigenvalue weighted by Gasteiger charge is -1.92. The van der Waals surface area contributed by atoms with E-state index in [0.717, 1.165) is 12.1 Å². The van der Waals surface area contributed by atoms with Crippen molar-refractivity contribution in [1.82, 2.24) is 0 Å². The minimum atomic E-state index is 1.11. The molecule has 0 aromatic rings. The Morgan fingerprint density at radius 2 is 1.40 bits per heavy atom. The molecule has 0 radical (unpaired) electrons. The Hall–Kier alpha value is -0.590. The first kappa shape index (κ1) is 19.9. The van der Waals surface area contributed by atoms with Crippen LogP contribution in [0.15, 0.2) is 16.6 Å². The van der Waals surface area contributed by atoms with E-state index >= 15 is 0 Å². The lowest BCUT2D eigenvalue weighted by Crippen LogP contribution is -1.85. The van der Waals surface area contributed by atoms with E-state index < -0.39 is 0 Å². The molecule has 0 saturated heterocycles. The van der Waals surface area contributed by atoms with Crippen molar-refractivity contribution in [2.75, 3.05) is 7.05 Å². The first-order chi connectivity index (χ1) is 7.12. The highest BCUT2D eigenvalue weighted by Gasteiger charge is 1.83. The van der Waals surface area contributed by atoms with Crippen LogP contribution in [0.3, 0.4) is 0 Å². The summed E-state index contributed by atoms with van der Waals surface area (Å²) in [6.45, 7) is 14.6. The van der Waals surface area contributed by atoms with Gasteiger partial charge in [-0.3, -0.25) is 4.99 Å². The molecule has 0 unspecified atom stereocenters. The van der Waals surface area contributed by atoms with Gasteiger partial charge in [-0.2, -0.15) is 0 Å². The summed E-state index contributed by atoms with van der Waals surface area (Å²) in [5.41, 5.74) is 2.49. The first-order valence-corrected chi connectivity index (χ1v) is 6.22. The van der Waals surface area contributed by atoms with Crippen molar-refractivity contribution in [2.24, 2.45) is 4.99 Å². The maximum atomic E-state index is 4.02. The van der Waals surface area contributed by atoms with Gasteiger partial charge in [0.1, 0.15) is 0 Å². The predicted octanol–water partition coefficient (Wildman–Crippen LogP) is 5.27. The molecule has 0 rings (SSSR count). The van der Waals surface area contributed by atoms with Crippen LogP contribution >= 0.6 is 0 Å². The fourth-order valence-electron chi connectivity index (χ4n) is 0.523. The summed E-state index contributed by atoms with van der Waals surface area (Å²) in [6.07, 6.45) is 5.87. The maximum Gasteiger partial charge on any atom is 0.0313 e. The van der Waals surface area contributed by atoms with Gasteiger partial charge >= 0.3 is 0 Å². The molecule has 92 valence electrons. The average Bonchev–Trinajstić information content (AvgIpc) is 2.31. The molecule has 0 aromatic heterocycles. The molecule has 0 aliphatic carbocycles. The highest BCUT2D eigenvalue weighted by Crippen LogP contribution is 1.97. The predicted molar refractivity (Wildman–Crippen MR) is 75.0 cm³/mol. The maximum absolute atomic E-state index is 4.02. The van der Waals surface area contributed by atoms with Gasteiger partial charge in [-0.1, -0.05) is 53.0 Å². The van der Waals surface area contributed by atoms with Crippen LogP contribution in [0, 0.1) is 0 Å². The van der Waals surface area contributed by atoms with E-state index in [1.165, 1.54) is 18.4 Å². The molecule has 1 nitrogen and oxygen atoms in total. The topological polar surface area (TPSA) is 12.4 Å². The van der Waals surface area contributed by atoms with Crippen molar-refractivity contribution in [1.29, 1.82) is 0 Å². The molecule has 1 heteroatoms. The molecule has 0 aromatic carbocycles. The Kier molecular flexibility index (Phi) is 25.3. The monoisotopic (exact) mass is 213 g/mol. The number of unbranched alkanes of at least 4 members (excludes halogenated alkanes) is 1. The standard InChI is InChI=1S/C8H15N.C4H10.C2H6/c1-5-7(2)6-8(3)9-4;1-3-4-2;1-2/h6H,5H2,1-4H3;3-4H2,1-2H3;1-2H3/b7-6+,9-8?;;. The lowest BCUT2D eigenvalue weighted by molar-refractivity contribution is 0.886. The number of nitrogens with zero attached hydrogens (tertiary/aromatic N) is 1. The van der Waals surface area contributed by atoms with Gasteiger partial charge in [0.15, 0.2) is 0 Å². The van der Waals surface area contributed by atoms with E-state index in [1.54, 1.807) is 0 Å². The Morgan fingerprint density at radius 1 is 1.00 bits per heavy atom. The largest absolute Gasteiger partial charge is 0.293 e. The number of aliphatic imine (C=N–C) groups is 1. The van der Waals surface area contributed by atoms with E-state index in [2.05, 4.69) is 38.8 Å². The van der Waals surface area contributed by atoms with Crippen LogP contribution in [0.2, 0.25) is 0 Å². The van der Waals surface area contributed by atoms with Crippen LogP contribution in [0.5, 0.6) is 0 Å². The van der Waals surface area contributed by atoms with Crippen LogP contribution < -0.4 is 0 Å². The minimum absolute atomic E-state index is 1.11. The number of hydrogen-bond donors (Lipinski definition) is 0. The quantitative estimate of drug-likeness (QED) is 0.567. The molecular weight excluding hydrogens is 182 g/mol. The van der Waals surface area contributed by atoms with E-state index in [0.29, 0.717) is 0 Å². The van der Waals surface area contributed by atoms with Crippen molar-refractivity contribution in [3.8, 4) is 0 Å². The van der Waals surface area contributed by atoms with Crippen LogP contribution in [0.25, 0.3) is 0 Å². The average molecular weight is 213 g/mol. The lowest BCUT2D eigenvalue weighted by atomic mass is 10.2. The van der Waals surface area contributed by atoms with Crippen molar-refractivity contribution in [3.63, 3.8) is 0 Å². The number of allylic oxidation sites excluding steroid dienone is 2. The van der Waals surface area contributed by atoms with Gasteiger partial charge in [-0.05, 0) is 26.3 Å². The molecule has 0 spiro atoms. The van der Waals surface area contributed by atoms with Crippen molar-refractivity contribution < 1.29 is 0 Å². The smallest absolute Gasteiger partial charge is 0.0313 e. The Labute approximate surface area is 97.7 Å². The van der Waals surface area contributed by atoms with Crippen LogP contribution in [0.4, 0.5) is 0 Å². The van der Waals surface area contributed by atoms with Crippen LogP contribution in [-0.4, -0.2) is 12.8 Å². The van der Waals surface area contributed by atoms with E-state index in [1.807, 2.05) is 27.8 Å². The number of hydrogen-bond acceptors (Lipinski definition) is 1. The minimum Gasteiger partial charge on any atom is -0.293 e. The second-order valence-corrected chi connectivity index (χ2v) is 3.21. The third-order valence-electron chi connectivity index (χ3n) is 1.87. The zero-order chi connectivity index (χ0) is 12.7. The van der Waals surface area contributed by atoms with Crippen LogP contribution in [0.1, 0.15) is 67.7 Å². The second-order valence-electron chi connectivity index (χ2n) is 3.21. The van der Waals surface area contributed by atoms with Gasteiger partial charge in [0, 0.05) is 12.8 Å². The third-order valence-corrected chi connectivity index (χ3v) is 1.87. The Bertz CT molecular complexity index is 153. The molecule has 0 bridgehead atoms. The molecule has 0 amide bonds. The third kappa shape index (κ3) is 24.7.